The van der Waals surface area contributed by atoms with Crippen LogP contribution in [0.15, 0.2) is 55.0 Å². The fraction of sp³-hybridized carbons (Fsp3) is 0.263. The summed E-state index contributed by atoms with van der Waals surface area (Å²) in [5, 5.41) is 3.23. The van der Waals surface area contributed by atoms with Crippen LogP contribution in [0.2, 0.25) is 0 Å². The Kier molecular flexibility index (Phi) is 4.95. The maximum Gasteiger partial charge on any atom is 0.229 e. The van der Waals surface area contributed by atoms with E-state index in [1.807, 2.05) is 36.4 Å². The Balaban J connectivity index is 1.40. The third-order valence-corrected chi connectivity index (χ3v) is 4.43. The summed E-state index contributed by atoms with van der Waals surface area (Å²) in [4.78, 5) is 22.1. The van der Waals surface area contributed by atoms with E-state index in [0.29, 0.717) is 5.95 Å². The Hall–Kier alpha value is -3.42. The molecule has 8 nitrogen and oxygen atoms in total. The van der Waals surface area contributed by atoms with Crippen LogP contribution in [0.5, 0.6) is 5.75 Å². The van der Waals surface area contributed by atoms with E-state index in [-0.39, 0.29) is 0 Å². The van der Waals surface area contributed by atoms with Gasteiger partial charge in [0.2, 0.25) is 11.9 Å². The summed E-state index contributed by atoms with van der Waals surface area (Å²) < 4.78 is 5.18. The summed E-state index contributed by atoms with van der Waals surface area (Å²) in [6, 6.07) is 11.4. The van der Waals surface area contributed by atoms with E-state index < -0.39 is 0 Å². The van der Waals surface area contributed by atoms with Crippen LogP contribution in [0.4, 0.5) is 23.4 Å². The molecule has 2 aromatic heterocycles. The van der Waals surface area contributed by atoms with Gasteiger partial charge < -0.3 is 19.9 Å². The van der Waals surface area contributed by atoms with Crippen LogP contribution in [0.25, 0.3) is 0 Å². The molecule has 0 bridgehead atoms. The van der Waals surface area contributed by atoms with Crippen molar-refractivity contribution in [2.45, 2.75) is 0 Å². The van der Waals surface area contributed by atoms with Crippen LogP contribution in [0.3, 0.4) is 0 Å². The number of piperazine rings is 1. The maximum absolute atomic E-state index is 5.18. The Morgan fingerprint density at radius 1 is 0.852 bits per heavy atom. The van der Waals surface area contributed by atoms with Crippen molar-refractivity contribution in [1.29, 1.82) is 0 Å². The smallest absolute Gasteiger partial charge is 0.229 e. The molecule has 0 saturated carbocycles. The molecule has 1 N–H and O–H groups in total. The first kappa shape index (κ1) is 17.0. The van der Waals surface area contributed by atoms with Gasteiger partial charge in [0.15, 0.2) is 0 Å². The number of hydrogen-bond donors (Lipinski definition) is 1. The van der Waals surface area contributed by atoms with Crippen molar-refractivity contribution in [2.75, 3.05) is 48.4 Å². The number of benzene rings is 1. The highest BCUT2D eigenvalue weighted by atomic mass is 16.5. The number of ether oxygens (including phenoxy) is 1. The fourth-order valence-electron chi connectivity index (χ4n) is 2.98. The van der Waals surface area contributed by atoms with E-state index in [1.165, 1.54) is 0 Å². The zero-order valence-corrected chi connectivity index (χ0v) is 15.1. The van der Waals surface area contributed by atoms with Gasteiger partial charge in [-0.25, -0.2) is 15.0 Å². The average Bonchev–Trinajstić information content (AvgIpc) is 2.75. The molecule has 1 aliphatic heterocycles. The molecule has 27 heavy (non-hydrogen) atoms. The standard InChI is InChI=1S/C19H21N7O/c1-27-16-5-3-15(4-6-16)23-18-20-10-7-17(24-18)25-11-13-26(14-12-25)19-21-8-2-9-22-19/h2-10H,11-14H2,1H3,(H,20,23,24). The van der Waals surface area contributed by atoms with Gasteiger partial charge in [0, 0.05) is 50.5 Å². The Bertz CT molecular complexity index is 865. The van der Waals surface area contributed by atoms with Gasteiger partial charge in [0.1, 0.15) is 11.6 Å². The van der Waals surface area contributed by atoms with E-state index in [1.54, 1.807) is 25.7 Å². The number of anilines is 4. The van der Waals surface area contributed by atoms with Crippen LogP contribution in [0, 0.1) is 0 Å². The Labute approximate surface area is 157 Å². The van der Waals surface area contributed by atoms with Crippen molar-refractivity contribution in [1.82, 2.24) is 19.9 Å². The summed E-state index contributed by atoms with van der Waals surface area (Å²) in [5.74, 6) is 3.08. The first-order valence-electron chi connectivity index (χ1n) is 8.83. The lowest BCUT2D eigenvalue weighted by Crippen LogP contribution is -2.47. The SMILES string of the molecule is COc1ccc(Nc2nccc(N3CCN(c4ncccn4)CC3)n2)cc1. The lowest BCUT2D eigenvalue weighted by atomic mass is 10.3. The van der Waals surface area contributed by atoms with E-state index in [2.05, 4.69) is 35.1 Å². The fourth-order valence-corrected chi connectivity index (χ4v) is 2.98. The molecule has 4 rings (SSSR count). The summed E-state index contributed by atoms with van der Waals surface area (Å²) in [5.41, 5.74) is 0.916. The van der Waals surface area contributed by atoms with E-state index in [0.717, 1.165) is 49.4 Å². The predicted molar refractivity (Wildman–Crippen MR) is 105 cm³/mol. The van der Waals surface area contributed by atoms with Gasteiger partial charge in [-0.2, -0.15) is 4.98 Å². The first-order valence-corrected chi connectivity index (χ1v) is 8.83. The second kappa shape index (κ2) is 7.86. The largest absolute Gasteiger partial charge is 0.497 e. The van der Waals surface area contributed by atoms with Gasteiger partial charge in [-0.3, -0.25) is 0 Å². The molecule has 1 saturated heterocycles. The highest BCUT2D eigenvalue weighted by molar-refractivity contribution is 5.56. The van der Waals surface area contributed by atoms with Gasteiger partial charge in [-0.15, -0.1) is 0 Å². The predicted octanol–water partition coefficient (Wildman–Crippen LogP) is 2.35. The highest BCUT2D eigenvalue weighted by Crippen LogP contribution is 2.20. The van der Waals surface area contributed by atoms with Crippen LogP contribution in [0.1, 0.15) is 0 Å². The number of methoxy groups -OCH3 is 1. The first-order chi connectivity index (χ1) is 13.3. The van der Waals surface area contributed by atoms with Gasteiger partial charge >= 0.3 is 0 Å². The van der Waals surface area contributed by atoms with Crippen molar-refractivity contribution in [3.8, 4) is 5.75 Å². The molecule has 0 atom stereocenters. The molecule has 3 heterocycles. The highest BCUT2D eigenvalue weighted by Gasteiger charge is 2.20. The summed E-state index contributed by atoms with van der Waals surface area (Å²) >= 11 is 0. The van der Waals surface area contributed by atoms with Crippen LogP contribution >= 0.6 is 0 Å². The van der Waals surface area contributed by atoms with Gasteiger partial charge in [0.05, 0.1) is 7.11 Å². The number of nitrogens with zero attached hydrogens (tertiary/aromatic N) is 6. The minimum atomic E-state index is 0.575. The average molecular weight is 363 g/mol. The number of hydrogen-bond acceptors (Lipinski definition) is 8. The number of rotatable bonds is 5. The zero-order chi connectivity index (χ0) is 18.5. The molecule has 0 unspecified atom stereocenters. The minimum absolute atomic E-state index is 0.575. The molecular weight excluding hydrogens is 342 g/mol. The van der Waals surface area contributed by atoms with Crippen molar-refractivity contribution in [3.63, 3.8) is 0 Å². The van der Waals surface area contributed by atoms with Gasteiger partial charge in [-0.05, 0) is 36.4 Å². The molecule has 138 valence electrons. The minimum Gasteiger partial charge on any atom is -0.497 e. The van der Waals surface area contributed by atoms with Crippen molar-refractivity contribution in [2.24, 2.45) is 0 Å². The number of nitrogens with one attached hydrogen (secondary N) is 1. The Morgan fingerprint density at radius 2 is 1.56 bits per heavy atom. The third-order valence-electron chi connectivity index (χ3n) is 4.43. The van der Waals surface area contributed by atoms with Crippen molar-refractivity contribution in [3.05, 3.63) is 55.0 Å². The quantitative estimate of drug-likeness (QED) is 0.740. The van der Waals surface area contributed by atoms with E-state index in [4.69, 9.17) is 4.74 Å². The second-order valence-corrected chi connectivity index (χ2v) is 6.11. The maximum atomic E-state index is 5.18. The molecule has 0 radical (unpaired) electrons. The molecule has 3 aromatic rings. The molecule has 8 heteroatoms. The van der Waals surface area contributed by atoms with Crippen LogP contribution in [-0.4, -0.2) is 53.2 Å². The topological polar surface area (TPSA) is 79.3 Å². The molecule has 1 aromatic carbocycles. The molecule has 0 amide bonds. The summed E-state index contributed by atoms with van der Waals surface area (Å²) in [6.45, 7) is 3.43. The van der Waals surface area contributed by atoms with Gasteiger partial charge in [0.25, 0.3) is 0 Å². The van der Waals surface area contributed by atoms with Crippen molar-refractivity contribution < 1.29 is 4.74 Å². The summed E-state index contributed by atoms with van der Waals surface area (Å²) in [6.07, 6.45) is 5.33. The molecule has 0 aliphatic carbocycles. The molecule has 1 fully saturated rings. The third kappa shape index (κ3) is 4.05. The normalized spacial score (nSPS) is 14.1. The Morgan fingerprint density at radius 3 is 2.26 bits per heavy atom. The zero-order valence-electron chi connectivity index (χ0n) is 15.1. The van der Waals surface area contributed by atoms with E-state index in [9.17, 15) is 0 Å². The lowest BCUT2D eigenvalue weighted by Gasteiger charge is -2.35. The molecule has 1 aliphatic rings. The van der Waals surface area contributed by atoms with Gasteiger partial charge in [-0.1, -0.05) is 0 Å². The molecular formula is C19H21N7O. The molecule has 0 spiro atoms. The van der Waals surface area contributed by atoms with E-state index >= 15 is 0 Å². The lowest BCUT2D eigenvalue weighted by molar-refractivity contribution is 0.415. The van der Waals surface area contributed by atoms with Crippen LogP contribution in [-0.2, 0) is 0 Å². The summed E-state index contributed by atoms with van der Waals surface area (Å²) in [7, 11) is 1.65. The number of aromatic nitrogens is 4. The van der Waals surface area contributed by atoms with Crippen LogP contribution < -0.4 is 19.9 Å². The van der Waals surface area contributed by atoms with Crippen molar-refractivity contribution >= 4 is 23.4 Å². The monoisotopic (exact) mass is 363 g/mol. The second-order valence-electron chi connectivity index (χ2n) is 6.11.